The van der Waals surface area contributed by atoms with Crippen molar-refractivity contribution >= 4 is 28.8 Å². The number of likely N-dealkylation sites (tertiary alicyclic amines) is 1. The molecule has 4 heterocycles. The average Bonchev–Trinajstić information content (AvgIpc) is 3.50. The number of benzene rings is 1. The summed E-state index contributed by atoms with van der Waals surface area (Å²) in [5, 5.41) is 13.0. The van der Waals surface area contributed by atoms with Crippen LogP contribution in [-0.4, -0.2) is 33.3 Å². The Morgan fingerprint density at radius 1 is 1.20 bits per heavy atom. The number of carbonyl (C=O) groups excluding carboxylic acids is 2. The average molecular weight is 418 g/mol. The van der Waals surface area contributed by atoms with Gasteiger partial charge >= 0.3 is 0 Å². The molecule has 0 aliphatic carbocycles. The molecule has 1 aromatic carbocycles. The monoisotopic (exact) mass is 418 g/mol. The minimum atomic E-state index is -0.682. The van der Waals surface area contributed by atoms with Crippen molar-refractivity contribution in [3.63, 3.8) is 0 Å². The molecule has 0 bridgehead atoms. The van der Waals surface area contributed by atoms with E-state index in [-0.39, 0.29) is 17.9 Å². The number of hydrogen-bond acceptors (Lipinski definition) is 6. The zero-order valence-electron chi connectivity index (χ0n) is 15.9. The fourth-order valence-electron chi connectivity index (χ4n) is 3.94. The van der Waals surface area contributed by atoms with Gasteiger partial charge in [0.15, 0.2) is 0 Å². The largest absolute Gasteiger partial charge is 0.507 e. The van der Waals surface area contributed by atoms with Crippen LogP contribution in [0, 0.1) is 0 Å². The van der Waals surface area contributed by atoms with E-state index in [1.165, 1.54) is 16.2 Å². The van der Waals surface area contributed by atoms with Crippen LogP contribution in [0.5, 0.6) is 5.75 Å². The maximum Gasteiger partial charge on any atom is 0.296 e. The number of amides is 1. The minimum Gasteiger partial charge on any atom is -0.507 e. The maximum absolute atomic E-state index is 13.0. The van der Waals surface area contributed by atoms with Crippen LogP contribution < -0.4 is 4.74 Å². The molecule has 1 N–H and O–H groups in total. The summed E-state index contributed by atoms with van der Waals surface area (Å²) in [4.78, 5) is 32.5. The molecule has 1 amide bonds. The third-order valence-electron chi connectivity index (χ3n) is 5.37. The first-order chi connectivity index (χ1) is 14.6. The van der Waals surface area contributed by atoms with Gasteiger partial charge in [0, 0.05) is 23.1 Å². The smallest absolute Gasteiger partial charge is 0.296 e. The summed E-state index contributed by atoms with van der Waals surface area (Å²) in [5.41, 5.74) is 2.28. The molecule has 1 fully saturated rings. The van der Waals surface area contributed by atoms with Crippen molar-refractivity contribution in [2.45, 2.75) is 19.0 Å². The van der Waals surface area contributed by atoms with Crippen LogP contribution in [-0.2, 0) is 22.6 Å². The number of thiophene rings is 1. The molecule has 1 saturated heterocycles. The van der Waals surface area contributed by atoms with E-state index in [1.807, 2.05) is 35.7 Å². The Kier molecular flexibility index (Phi) is 4.59. The number of nitrogens with zero attached hydrogens (tertiary/aromatic N) is 2. The zero-order valence-corrected chi connectivity index (χ0v) is 16.8. The fraction of sp³-hybridized carbons (Fsp3) is 0.174. The number of aliphatic hydroxyl groups excluding tert-OH is 1. The lowest BCUT2D eigenvalue weighted by Crippen LogP contribution is -2.29. The molecule has 3 aromatic rings. The van der Waals surface area contributed by atoms with E-state index in [4.69, 9.17) is 4.74 Å². The summed E-state index contributed by atoms with van der Waals surface area (Å²) < 4.78 is 5.53. The van der Waals surface area contributed by atoms with E-state index >= 15 is 0 Å². The quantitative estimate of drug-likeness (QED) is 0.397. The number of aromatic nitrogens is 1. The van der Waals surface area contributed by atoms with E-state index in [9.17, 15) is 14.7 Å². The third kappa shape index (κ3) is 3.07. The lowest BCUT2D eigenvalue weighted by molar-refractivity contribution is -0.140. The second-order valence-corrected chi connectivity index (χ2v) is 8.16. The number of pyridine rings is 1. The van der Waals surface area contributed by atoms with Crippen LogP contribution in [0.2, 0.25) is 0 Å². The molecule has 5 rings (SSSR count). The summed E-state index contributed by atoms with van der Waals surface area (Å²) in [6.07, 6.45) is 2.40. The van der Waals surface area contributed by atoms with Gasteiger partial charge in [-0.25, -0.2) is 0 Å². The maximum atomic E-state index is 13.0. The Morgan fingerprint density at radius 2 is 2.10 bits per heavy atom. The Labute approximate surface area is 177 Å². The second-order valence-electron chi connectivity index (χ2n) is 7.18. The van der Waals surface area contributed by atoms with Gasteiger partial charge in [-0.05, 0) is 47.3 Å². The lowest BCUT2D eigenvalue weighted by atomic mass is 9.98. The molecule has 1 unspecified atom stereocenters. The Morgan fingerprint density at radius 3 is 2.87 bits per heavy atom. The van der Waals surface area contributed by atoms with Gasteiger partial charge < -0.3 is 14.7 Å². The summed E-state index contributed by atoms with van der Waals surface area (Å²) in [7, 11) is 0. The van der Waals surface area contributed by atoms with Crippen molar-refractivity contribution in [1.29, 1.82) is 0 Å². The number of ketones is 1. The molecule has 2 aliphatic rings. The first-order valence-corrected chi connectivity index (χ1v) is 10.5. The van der Waals surface area contributed by atoms with E-state index in [0.717, 1.165) is 22.6 Å². The highest BCUT2D eigenvalue weighted by atomic mass is 32.1. The summed E-state index contributed by atoms with van der Waals surface area (Å²) in [5.74, 6) is -0.689. The van der Waals surface area contributed by atoms with Gasteiger partial charge in [0.1, 0.15) is 17.6 Å². The van der Waals surface area contributed by atoms with E-state index in [2.05, 4.69) is 4.98 Å². The van der Waals surface area contributed by atoms with Crippen molar-refractivity contribution < 1.29 is 19.4 Å². The van der Waals surface area contributed by atoms with E-state index in [1.54, 1.807) is 24.4 Å². The van der Waals surface area contributed by atoms with Crippen LogP contribution in [0.15, 0.2) is 65.7 Å². The van der Waals surface area contributed by atoms with Crippen LogP contribution >= 0.6 is 11.3 Å². The van der Waals surface area contributed by atoms with Crippen molar-refractivity contribution in [1.82, 2.24) is 9.88 Å². The SMILES string of the molecule is O=C1C(=O)N(Cc2ccccn2)C(c2cccs2)/C1=C(/O)c1ccc2c(c1)CCO2. The second kappa shape index (κ2) is 7.42. The molecule has 7 heteroatoms. The topological polar surface area (TPSA) is 79.7 Å². The van der Waals surface area contributed by atoms with E-state index in [0.29, 0.717) is 17.9 Å². The molecule has 6 nitrogen and oxygen atoms in total. The highest BCUT2D eigenvalue weighted by molar-refractivity contribution is 7.10. The number of hydrogen-bond donors (Lipinski definition) is 1. The molecular formula is C23H18N2O4S. The standard InChI is InChI=1S/C23H18N2O4S/c26-21(15-6-7-17-14(12-15)8-10-29-17)19-20(18-5-3-11-30-18)25(23(28)22(19)27)13-16-4-1-2-9-24-16/h1-7,9,11-12,20,26H,8,10,13H2/b21-19-. The first-order valence-electron chi connectivity index (χ1n) is 9.61. The molecule has 2 aromatic heterocycles. The van der Waals surface area contributed by atoms with Gasteiger partial charge in [0.25, 0.3) is 11.7 Å². The summed E-state index contributed by atoms with van der Waals surface area (Å²) >= 11 is 1.44. The fourth-order valence-corrected chi connectivity index (χ4v) is 4.79. The molecular weight excluding hydrogens is 400 g/mol. The van der Waals surface area contributed by atoms with Gasteiger partial charge in [-0.2, -0.15) is 0 Å². The summed E-state index contributed by atoms with van der Waals surface area (Å²) in [6.45, 7) is 0.784. The van der Waals surface area contributed by atoms with Gasteiger partial charge in [-0.15, -0.1) is 11.3 Å². The number of Topliss-reactive ketones (excluding diaryl/α,β-unsaturated/α-hetero) is 1. The molecule has 2 aliphatic heterocycles. The summed E-state index contributed by atoms with van der Waals surface area (Å²) in [6, 6.07) is 13.9. The van der Waals surface area contributed by atoms with Crippen LogP contribution in [0.3, 0.4) is 0 Å². The highest BCUT2D eigenvalue weighted by Crippen LogP contribution is 2.42. The van der Waals surface area contributed by atoms with Gasteiger partial charge in [-0.3, -0.25) is 14.6 Å². The normalized spacial score (nSPS) is 19.7. The van der Waals surface area contributed by atoms with Crippen LogP contribution in [0.1, 0.15) is 27.7 Å². The molecule has 150 valence electrons. The van der Waals surface area contributed by atoms with Crippen molar-refractivity contribution in [2.75, 3.05) is 6.61 Å². The molecule has 1 atom stereocenters. The number of fused-ring (bicyclic) bond motifs is 1. The van der Waals surface area contributed by atoms with E-state index < -0.39 is 17.7 Å². The predicted octanol–water partition coefficient (Wildman–Crippen LogP) is 3.70. The Balaban J connectivity index is 1.61. The van der Waals surface area contributed by atoms with Gasteiger partial charge in [0.05, 0.1) is 24.4 Å². The highest BCUT2D eigenvalue weighted by Gasteiger charge is 2.46. The lowest BCUT2D eigenvalue weighted by Gasteiger charge is -2.23. The predicted molar refractivity (Wildman–Crippen MR) is 112 cm³/mol. The third-order valence-corrected chi connectivity index (χ3v) is 6.30. The molecule has 0 radical (unpaired) electrons. The van der Waals surface area contributed by atoms with Gasteiger partial charge in [0.2, 0.25) is 0 Å². The minimum absolute atomic E-state index is 0.109. The first kappa shape index (κ1) is 18.6. The van der Waals surface area contributed by atoms with Crippen molar-refractivity contribution in [2.24, 2.45) is 0 Å². The number of aliphatic hydroxyl groups is 1. The van der Waals surface area contributed by atoms with Crippen molar-refractivity contribution in [3.05, 3.63) is 87.4 Å². The Hall–Kier alpha value is -3.45. The van der Waals surface area contributed by atoms with Crippen LogP contribution in [0.4, 0.5) is 0 Å². The van der Waals surface area contributed by atoms with Gasteiger partial charge in [-0.1, -0.05) is 12.1 Å². The Bertz CT molecular complexity index is 1160. The number of rotatable bonds is 4. The molecule has 0 spiro atoms. The number of carbonyl (C=O) groups is 2. The zero-order chi connectivity index (χ0) is 20.7. The molecule has 30 heavy (non-hydrogen) atoms. The van der Waals surface area contributed by atoms with Crippen molar-refractivity contribution in [3.8, 4) is 5.75 Å². The number of ether oxygens (including phenoxy) is 1. The molecule has 0 saturated carbocycles. The van der Waals surface area contributed by atoms with Crippen LogP contribution in [0.25, 0.3) is 5.76 Å².